The highest BCUT2D eigenvalue weighted by Gasteiger charge is 2.17. The highest BCUT2D eigenvalue weighted by Crippen LogP contribution is 2.14. The number of aliphatic hydroxyl groups excluding tert-OH is 1. The van der Waals surface area contributed by atoms with E-state index < -0.39 is 0 Å². The number of carbonyl (C=O) groups excluding carboxylic acids is 1. The van der Waals surface area contributed by atoms with Crippen LogP contribution < -0.4 is 5.32 Å². The van der Waals surface area contributed by atoms with Gasteiger partial charge in [-0.3, -0.25) is 0 Å². The molecule has 4 nitrogen and oxygen atoms in total. The van der Waals surface area contributed by atoms with Gasteiger partial charge in [-0.2, -0.15) is 0 Å². The standard InChI is InChI=1S/C8H13NO3/c1-12-8(11)4-6-2-3-7(5-10)9-6/h4,7,9-10H,2-3,5H2,1H3/b6-4-/t7-/m0/s1. The molecule has 1 aliphatic rings. The van der Waals surface area contributed by atoms with Crippen molar-refractivity contribution in [3.8, 4) is 0 Å². The molecule has 0 aromatic rings. The van der Waals surface area contributed by atoms with Crippen LogP contribution in [0.1, 0.15) is 12.8 Å². The summed E-state index contributed by atoms with van der Waals surface area (Å²) in [5.74, 6) is -0.351. The second-order valence-electron chi connectivity index (χ2n) is 2.76. The fourth-order valence-electron chi connectivity index (χ4n) is 1.19. The lowest BCUT2D eigenvalue weighted by Gasteiger charge is -2.05. The van der Waals surface area contributed by atoms with Crippen LogP contribution in [-0.4, -0.2) is 30.8 Å². The Morgan fingerprint density at radius 2 is 2.67 bits per heavy atom. The summed E-state index contributed by atoms with van der Waals surface area (Å²) in [4.78, 5) is 10.8. The molecule has 1 fully saturated rings. The van der Waals surface area contributed by atoms with Crippen LogP contribution in [0.2, 0.25) is 0 Å². The van der Waals surface area contributed by atoms with E-state index in [9.17, 15) is 4.79 Å². The second kappa shape index (κ2) is 4.11. The molecule has 0 spiro atoms. The Labute approximate surface area is 71.2 Å². The van der Waals surface area contributed by atoms with Crippen molar-refractivity contribution in [2.24, 2.45) is 0 Å². The molecule has 12 heavy (non-hydrogen) atoms. The first kappa shape index (κ1) is 9.06. The van der Waals surface area contributed by atoms with Gasteiger partial charge >= 0.3 is 5.97 Å². The van der Waals surface area contributed by atoms with Gasteiger partial charge < -0.3 is 15.2 Å². The van der Waals surface area contributed by atoms with E-state index in [1.807, 2.05) is 0 Å². The molecule has 0 aromatic heterocycles. The lowest BCUT2D eigenvalue weighted by Crippen LogP contribution is -2.24. The van der Waals surface area contributed by atoms with Crippen LogP contribution in [0.25, 0.3) is 0 Å². The quantitative estimate of drug-likeness (QED) is 0.446. The van der Waals surface area contributed by atoms with Gasteiger partial charge in [-0.25, -0.2) is 4.79 Å². The predicted molar refractivity (Wildman–Crippen MR) is 43.3 cm³/mol. The van der Waals surface area contributed by atoms with E-state index in [1.165, 1.54) is 13.2 Å². The van der Waals surface area contributed by atoms with Crippen LogP contribution in [0.4, 0.5) is 0 Å². The minimum Gasteiger partial charge on any atom is -0.466 e. The summed E-state index contributed by atoms with van der Waals surface area (Å²) in [6.45, 7) is 0.110. The largest absolute Gasteiger partial charge is 0.466 e. The van der Waals surface area contributed by atoms with Crippen molar-refractivity contribution in [1.29, 1.82) is 0 Å². The van der Waals surface area contributed by atoms with Crippen molar-refractivity contribution in [1.82, 2.24) is 5.32 Å². The summed E-state index contributed by atoms with van der Waals surface area (Å²) in [6, 6.07) is 0.0981. The van der Waals surface area contributed by atoms with E-state index in [0.717, 1.165) is 18.5 Å². The van der Waals surface area contributed by atoms with E-state index in [0.29, 0.717) is 0 Å². The number of allylic oxidation sites excluding steroid dienone is 1. The molecule has 0 saturated carbocycles. The maximum Gasteiger partial charge on any atom is 0.332 e. The number of methoxy groups -OCH3 is 1. The highest BCUT2D eigenvalue weighted by molar-refractivity contribution is 5.82. The zero-order valence-corrected chi connectivity index (χ0v) is 7.04. The molecule has 4 heteroatoms. The zero-order chi connectivity index (χ0) is 8.97. The Kier molecular flexibility index (Phi) is 3.10. The fraction of sp³-hybridized carbons (Fsp3) is 0.625. The van der Waals surface area contributed by atoms with E-state index >= 15 is 0 Å². The van der Waals surface area contributed by atoms with Crippen LogP contribution in [0.5, 0.6) is 0 Å². The van der Waals surface area contributed by atoms with Crippen molar-refractivity contribution in [3.63, 3.8) is 0 Å². The first-order valence-corrected chi connectivity index (χ1v) is 3.92. The van der Waals surface area contributed by atoms with Gasteiger partial charge in [0.15, 0.2) is 0 Å². The normalized spacial score (nSPS) is 25.5. The van der Waals surface area contributed by atoms with Gasteiger partial charge in [0.05, 0.1) is 13.7 Å². The maximum atomic E-state index is 10.8. The Morgan fingerprint density at radius 1 is 1.92 bits per heavy atom. The van der Waals surface area contributed by atoms with Gasteiger partial charge in [-0.05, 0) is 12.8 Å². The van der Waals surface area contributed by atoms with Crippen molar-refractivity contribution in [2.45, 2.75) is 18.9 Å². The molecule has 1 aliphatic heterocycles. The van der Waals surface area contributed by atoms with Gasteiger partial charge in [0, 0.05) is 17.8 Å². The highest BCUT2D eigenvalue weighted by atomic mass is 16.5. The number of aliphatic hydroxyl groups is 1. The molecule has 0 aromatic carbocycles. The third-order valence-electron chi connectivity index (χ3n) is 1.87. The number of carbonyl (C=O) groups is 1. The molecule has 0 amide bonds. The molecule has 1 atom stereocenters. The summed E-state index contributed by atoms with van der Waals surface area (Å²) in [7, 11) is 1.35. The fourth-order valence-corrected chi connectivity index (χ4v) is 1.19. The number of hydrogen-bond acceptors (Lipinski definition) is 4. The summed E-state index contributed by atoms with van der Waals surface area (Å²) >= 11 is 0. The van der Waals surface area contributed by atoms with Gasteiger partial charge in [0.25, 0.3) is 0 Å². The van der Waals surface area contributed by atoms with E-state index in [4.69, 9.17) is 5.11 Å². The number of nitrogens with one attached hydrogen (secondary N) is 1. The number of ether oxygens (including phenoxy) is 1. The van der Waals surface area contributed by atoms with Crippen molar-refractivity contribution >= 4 is 5.97 Å². The Morgan fingerprint density at radius 3 is 3.17 bits per heavy atom. The third kappa shape index (κ3) is 2.23. The van der Waals surface area contributed by atoms with E-state index in [-0.39, 0.29) is 18.6 Å². The molecule has 2 N–H and O–H groups in total. The van der Waals surface area contributed by atoms with Crippen molar-refractivity contribution in [2.75, 3.05) is 13.7 Å². The second-order valence-corrected chi connectivity index (χ2v) is 2.76. The van der Waals surface area contributed by atoms with E-state index in [2.05, 4.69) is 10.1 Å². The van der Waals surface area contributed by atoms with Crippen LogP contribution in [0.15, 0.2) is 11.8 Å². The predicted octanol–water partition coefficient (Wildman–Crippen LogP) is -0.212. The molecule has 0 aliphatic carbocycles. The minimum absolute atomic E-state index is 0.0981. The summed E-state index contributed by atoms with van der Waals surface area (Å²) < 4.78 is 4.46. The van der Waals surface area contributed by atoms with Crippen molar-refractivity contribution < 1.29 is 14.6 Å². The molecule has 1 rings (SSSR count). The Hall–Kier alpha value is -1.03. The third-order valence-corrected chi connectivity index (χ3v) is 1.87. The molecular weight excluding hydrogens is 158 g/mol. The smallest absolute Gasteiger partial charge is 0.332 e. The molecule has 1 heterocycles. The number of rotatable bonds is 2. The van der Waals surface area contributed by atoms with E-state index in [1.54, 1.807) is 0 Å². The van der Waals surface area contributed by atoms with Gasteiger partial charge in [-0.15, -0.1) is 0 Å². The summed E-state index contributed by atoms with van der Waals surface area (Å²) in [6.07, 6.45) is 3.11. The van der Waals surface area contributed by atoms with Gasteiger partial charge in [0.2, 0.25) is 0 Å². The summed E-state index contributed by atoms with van der Waals surface area (Å²) in [5, 5.41) is 11.8. The SMILES string of the molecule is COC(=O)/C=C1/CC[C@@H](CO)N1. The van der Waals surface area contributed by atoms with Gasteiger partial charge in [0.1, 0.15) is 0 Å². The first-order chi connectivity index (χ1) is 5.76. The van der Waals surface area contributed by atoms with Crippen LogP contribution in [0.3, 0.4) is 0 Å². The minimum atomic E-state index is -0.351. The number of esters is 1. The molecule has 68 valence electrons. The number of hydrogen-bond donors (Lipinski definition) is 2. The Balaban J connectivity index is 2.45. The van der Waals surface area contributed by atoms with Crippen molar-refractivity contribution in [3.05, 3.63) is 11.8 Å². The van der Waals surface area contributed by atoms with Crippen LogP contribution >= 0.6 is 0 Å². The molecule has 0 bridgehead atoms. The van der Waals surface area contributed by atoms with Crippen LogP contribution in [-0.2, 0) is 9.53 Å². The average Bonchev–Trinajstić information content (AvgIpc) is 2.52. The lowest BCUT2D eigenvalue weighted by molar-refractivity contribution is -0.134. The molecule has 0 unspecified atom stereocenters. The molecule has 0 radical (unpaired) electrons. The maximum absolute atomic E-state index is 10.8. The van der Waals surface area contributed by atoms with Gasteiger partial charge in [-0.1, -0.05) is 0 Å². The Bertz CT molecular complexity index is 200. The average molecular weight is 171 g/mol. The molecule has 1 saturated heterocycles. The molecular formula is C8H13NO3. The summed E-state index contributed by atoms with van der Waals surface area (Å²) in [5.41, 5.74) is 0.848. The monoisotopic (exact) mass is 171 g/mol. The topological polar surface area (TPSA) is 58.6 Å². The first-order valence-electron chi connectivity index (χ1n) is 3.92. The zero-order valence-electron chi connectivity index (χ0n) is 7.04. The lowest BCUT2D eigenvalue weighted by atomic mass is 10.2. The van der Waals surface area contributed by atoms with Crippen LogP contribution in [0, 0.1) is 0 Å².